The highest BCUT2D eigenvalue weighted by molar-refractivity contribution is 6.30. The lowest BCUT2D eigenvalue weighted by molar-refractivity contribution is -0.0987. The number of aliphatic hydroxyl groups is 1. The summed E-state index contributed by atoms with van der Waals surface area (Å²) < 4.78 is 0. The van der Waals surface area contributed by atoms with E-state index < -0.39 is 0 Å². The van der Waals surface area contributed by atoms with Crippen molar-refractivity contribution in [2.24, 2.45) is 46.6 Å². The zero-order valence-corrected chi connectivity index (χ0v) is 51.5. The molecule has 0 spiro atoms. The Bertz CT molecular complexity index is 561. The lowest BCUT2D eigenvalue weighted by atomic mass is 10.2. The molecule has 0 aliphatic rings. The first-order valence-electron chi connectivity index (χ1n) is 20.9. The average molecular weight is 1060 g/mol. The Morgan fingerprint density at radius 1 is 0.414 bits per heavy atom. The number of carbonyl (C=O) groups excluding carboxylic acids is 9. The summed E-state index contributed by atoms with van der Waals surface area (Å²) in [6.45, 7) is 62.0. The van der Waals surface area contributed by atoms with Gasteiger partial charge < -0.3 is 102 Å². The molecule has 70 heavy (non-hydrogen) atoms. The van der Waals surface area contributed by atoms with Crippen molar-refractivity contribution in [1.29, 1.82) is 0 Å². The molecule has 0 saturated carbocycles. The minimum Gasteiger partial charge on any atom is -0.394 e. The van der Waals surface area contributed by atoms with Crippen LogP contribution in [0.2, 0.25) is 5.02 Å². The zero-order valence-electron chi connectivity index (χ0n) is 50.7. The maximum Gasteiger partial charge on any atom is 0.106 e. The van der Waals surface area contributed by atoms with Crippen LogP contribution in [0.3, 0.4) is 0 Å². The number of halogens is 1. The van der Waals surface area contributed by atoms with Crippen LogP contribution in [0.1, 0.15) is 178 Å². The summed E-state index contributed by atoms with van der Waals surface area (Å²) in [6, 6.07) is 7.93. The van der Waals surface area contributed by atoms with Gasteiger partial charge in [0.15, 0.2) is 0 Å². The number of benzene rings is 1. The van der Waals surface area contributed by atoms with Crippen molar-refractivity contribution >= 4 is 72.7 Å². The predicted octanol–water partition coefficient (Wildman–Crippen LogP) is 12.3. The fourth-order valence-electron chi connectivity index (χ4n) is 0.757. The molecule has 0 aliphatic heterocycles. The summed E-state index contributed by atoms with van der Waals surface area (Å²) in [4.78, 5) is 72.0. The van der Waals surface area contributed by atoms with Gasteiger partial charge in [-0.3, -0.25) is 0 Å². The van der Waals surface area contributed by atoms with Gasteiger partial charge in [0.1, 0.15) is 61.1 Å². The fraction of sp³-hybridized carbons (Fsp3) is 0.700. The molecule has 0 heterocycles. The van der Waals surface area contributed by atoms with Gasteiger partial charge in [0, 0.05) is 11.1 Å². The molecule has 24 N–H and O–H groups in total. The standard InChI is InChI=1S/C8H9Cl.3C5H12.C4H10.C3H8O.3C2H6.4CH5N.9CH2O.CH4.5H3N/c1-2-7-4-3-5-8(9)6-7;3*1-4-5(2)3;1-4(2)3;1-3(2)4;16*1-2;;;;;;/h3-6H,2H2,1H3;3*5H,4H2,1-3H3;4H,1-3H3;3-4H,1-2H3;3*1-2H3;4*2H2,1H3;9*1H2;1H4;5*1H3. The lowest BCUT2D eigenvalue weighted by Gasteiger charge is -1.93. The second-order valence-electron chi connectivity index (χ2n) is 10.2. The molecule has 450 valence electrons. The molecule has 0 aromatic heterocycles. The molecule has 0 saturated heterocycles. The maximum atomic E-state index is 8.06. The van der Waals surface area contributed by atoms with E-state index in [0.717, 1.165) is 35.1 Å². The quantitative estimate of drug-likeness (QED) is 0.134. The van der Waals surface area contributed by atoms with E-state index in [9.17, 15) is 0 Å². The minimum atomic E-state index is -0.167. The van der Waals surface area contributed by atoms with E-state index in [4.69, 9.17) is 59.9 Å². The molecule has 0 aliphatic carbocycles. The van der Waals surface area contributed by atoms with Gasteiger partial charge in [0.25, 0.3) is 0 Å². The van der Waals surface area contributed by atoms with Crippen molar-refractivity contribution in [3.05, 3.63) is 34.9 Å². The first-order valence-corrected chi connectivity index (χ1v) is 21.3. The topological polar surface area (TPSA) is 453 Å². The van der Waals surface area contributed by atoms with Crippen molar-refractivity contribution < 1.29 is 48.3 Å². The Kier molecular flexibility index (Phi) is 1110. The van der Waals surface area contributed by atoms with E-state index in [0.29, 0.717) is 0 Å². The van der Waals surface area contributed by atoms with Gasteiger partial charge in [-0.15, -0.1) is 0 Å². The Balaban J connectivity index is -0.0000000113. The lowest BCUT2D eigenvalue weighted by Crippen LogP contribution is -1.85. The van der Waals surface area contributed by atoms with Gasteiger partial charge >= 0.3 is 0 Å². The molecule has 0 amide bonds. The van der Waals surface area contributed by atoms with Gasteiger partial charge in [-0.25, -0.2) is 0 Å². The van der Waals surface area contributed by atoms with Gasteiger partial charge in [0.2, 0.25) is 0 Å². The van der Waals surface area contributed by atoms with Crippen LogP contribution in [0.4, 0.5) is 0 Å². The summed E-state index contributed by atoms with van der Waals surface area (Å²) in [5, 5.41) is 8.88. The molecular weight excluding hydrogens is 922 g/mol. The van der Waals surface area contributed by atoms with Crippen LogP contribution in [-0.2, 0) is 49.6 Å². The third-order valence-corrected chi connectivity index (χ3v) is 3.98. The first kappa shape index (κ1) is 183. The molecule has 20 heteroatoms. The van der Waals surface area contributed by atoms with E-state index in [2.05, 4.69) is 119 Å². The van der Waals surface area contributed by atoms with E-state index in [1.165, 1.54) is 53.0 Å². The Labute approximate surface area is 444 Å². The number of hydrogen-bond acceptors (Lipinski definition) is 19. The summed E-state index contributed by atoms with van der Waals surface area (Å²) in [5.74, 6) is 3.49. The SMILES string of the molecule is C.C=O.C=O.C=O.C=O.C=O.C=O.C=O.C=O.C=O.CC.CC.CC.CC(C)C.CC(C)O.CCC(C)C.CCC(C)C.CCC(C)C.CCc1cccc(Cl)c1.CN.CN.CN.CN.N.N.N.N.N. The molecule has 0 radical (unpaired) electrons. The van der Waals surface area contributed by atoms with Crippen LogP contribution in [0.15, 0.2) is 24.3 Å². The van der Waals surface area contributed by atoms with Gasteiger partial charge in [0.05, 0.1) is 0 Å². The number of rotatable bonds is 4. The average Bonchev–Trinajstić information content (AvgIpc) is 3.39. The Hall–Kier alpha value is -3.86. The minimum absolute atomic E-state index is 0. The van der Waals surface area contributed by atoms with Crippen molar-refractivity contribution in [2.75, 3.05) is 28.2 Å². The van der Waals surface area contributed by atoms with E-state index in [1.54, 1.807) is 13.8 Å². The van der Waals surface area contributed by atoms with Gasteiger partial charge in [-0.2, -0.15) is 0 Å². The molecule has 0 unspecified atom stereocenters. The van der Waals surface area contributed by atoms with Crippen LogP contribution in [0.25, 0.3) is 0 Å². The maximum absolute atomic E-state index is 8.06. The van der Waals surface area contributed by atoms with Gasteiger partial charge in [-0.05, 0) is 89.8 Å². The predicted molar refractivity (Wildman–Crippen MR) is 325 cm³/mol. The monoisotopic (exact) mass is 1060 g/mol. The zero-order chi connectivity index (χ0) is 58.7. The molecule has 1 aromatic carbocycles. The first-order chi connectivity index (χ1) is 30.6. The van der Waals surface area contributed by atoms with Crippen LogP contribution < -0.4 is 53.7 Å². The molecular formula is C50H138ClN9O10. The highest BCUT2D eigenvalue weighted by Crippen LogP contribution is 2.10. The smallest absolute Gasteiger partial charge is 0.106 e. The molecule has 0 atom stereocenters. The van der Waals surface area contributed by atoms with E-state index in [1.807, 2.05) is 121 Å². The number of aliphatic hydroxyl groups excluding tert-OH is 1. The fourth-order valence-corrected chi connectivity index (χ4v) is 0.970. The summed E-state index contributed by atoms with van der Waals surface area (Å²) in [5.41, 5.74) is 19.3. The van der Waals surface area contributed by atoms with Crippen molar-refractivity contribution in [3.8, 4) is 0 Å². The van der Waals surface area contributed by atoms with Crippen LogP contribution >= 0.6 is 11.6 Å². The summed E-state index contributed by atoms with van der Waals surface area (Å²) in [7, 11) is 6.00. The van der Waals surface area contributed by atoms with E-state index >= 15 is 0 Å². The second-order valence-corrected chi connectivity index (χ2v) is 10.7. The molecule has 0 fully saturated rings. The number of hydrogen-bond donors (Lipinski definition) is 10. The van der Waals surface area contributed by atoms with Gasteiger partial charge in [-0.1, -0.05) is 182 Å². The van der Waals surface area contributed by atoms with E-state index in [-0.39, 0.29) is 44.3 Å². The highest BCUT2D eigenvalue weighted by atomic mass is 35.5. The molecule has 1 aromatic rings. The number of nitrogens with two attached hydrogens (primary N) is 4. The van der Waals surface area contributed by atoms with Crippen molar-refractivity contribution in [1.82, 2.24) is 30.8 Å². The largest absolute Gasteiger partial charge is 0.394 e. The van der Waals surface area contributed by atoms with Crippen LogP contribution in [-0.4, -0.2) is 101 Å². The van der Waals surface area contributed by atoms with Crippen LogP contribution in [0, 0.1) is 23.7 Å². The summed E-state index contributed by atoms with van der Waals surface area (Å²) in [6.07, 6.45) is 4.81. The van der Waals surface area contributed by atoms with Crippen molar-refractivity contribution in [3.63, 3.8) is 0 Å². The second kappa shape index (κ2) is 424. The normalized spacial score (nSPS) is 5.43. The third-order valence-electron chi connectivity index (χ3n) is 3.75. The highest BCUT2D eigenvalue weighted by Gasteiger charge is 1.87. The molecule has 1 rings (SSSR count). The number of aryl methyl sites for hydroxylation is 1. The Morgan fingerprint density at radius 3 is 0.586 bits per heavy atom. The third kappa shape index (κ3) is 1280. The van der Waals surface area contributed by atoms with Crippen molar-refractivity contribution in [2.45, 2.75) is 185 Å². The Morgan fingerprint density at radius 2 is 0.529 bits per heavy atom. The number of carbonyl (C=O) groups is 9. The molecule has 19 nitrogen and oxygen atoms in total. The van der Waals surface area contributed by atoms with Crippen LogP contribution in [0.5, 0.6) is 0 Å². The molecule has 0 bridgehead atoms. The summed E-state index contributed by atoms with van der Waals surface area (Å²) >= 11 is 5.72.